The van der Waals surface area contributed by atoms with Gasteiger partial charge in [0.1, 0.15) is 0 Å². The molecule has 0 saturated heterocycles. The van der Waals surface area contributed by atoms with Gasteiger partial charge in [-0.2, -0.15) is 0 Å². The lowest BCUT2D eigenvalue weighted by molar-refractivity contribution is -0.141. The van der Waals surface area contributed by atoms with Gasteiger partial charge in [-0.3, -0.25) is 9.59 Å². The Bertz CT molecular complexity index is 460. The van der Waals surface area contributed by atoms with Crippen LogP contribution >= 0.6 is 15.9 Å². The maximum Gasteiger partial charge on any atom is 0.306 e. The summed E-state index contributed by atoms with van der Waals surface area (Å²) in [6, 6.07) is 5.42. The van der Waals surface area contributed by atoms with Crippen molar-refractivity contribution >= 4 is 27.8 Å². The first kappa shape index (κ1) is 14.7. The van der Waals surface area contributed by atoms with Gasteiger partial charge in [0.05, 0.1) is 5.92 Å². The highest BCUT2D eigenvalue weighted by molar-refractivity contribution is 9.10. The van der Waals surface area contributed by atoms with Crippen molar-refractivity contribution in [1.29, 1.82) is 0 Å². The Balaban J connectivity index is 2.53. The van der Waals surface area contributed by atoms with Crippen molar-refractivity contribution in [3.63, 3.8) is 0 Å². The molecule has 0 aliphatic heterocycles. The Hall–Kier alpha value is -1.36. The molecule has 0 spiro atoms. The molecule has 98 valence electrons. The van der Waals surface area contributed by atoms with E-state index in [1.54, 1.807) is 13.0 Å². The van der Waals surface area contributed by atoms with E-state index in [0.717, 1.165) is 10.0 Å². The summed E-state index contributed by atoms with van der Waals surface area (Å²) in [6.45, 7) is 3.85. The van der Waals surface area contributed by atoms with Crippen LogP contribution in [0.1, 0.15) is 29.3 Å². The zero-order valence-corrected chi connectivity index (χ0v) is 12.0. The van der Waals surface area contributed by atoms with E-state index in [1.807, 2.05) is 19.1 Å². The second kappa shape index (κ2) is 6.54. The maximum atomic E-state index is 11.9. The summed E-state index contributed by atoms with van der Waals surface area (Å²) in [5, 5.41) is 11.4. The molecule has 1 rings (SSSR count). The molecular formula is C13H16BrNO3. The topological polar surface area (TPSA) is 66.4 Å². The molecule has 4 nitrogen and oxygen atoms in total. The van der Waals surface area contributed by atoms with E-state index < -0.39 is 11.9 Å². The second-order valence-electron chi connectivity index (χ2n) is 4.24. The lowest BCUT2D eigenvalue weighted by atomic mass is 10.1. The van der Waals surface area contributed by atoms with Crippen LogP contribution in [-0.2, 0) is 4.79 Å². The fourth-order valence-electron chi connectivity index (χ4n) is 1.50. The van der Waals surface area contributed by atoms with Crippen LogP contribution in [0.15, 0.2) is 22.7 Å². The van der Waals surface area contributed by atoms with Crippen molar-refractivity contribution in [3.8, 4) is 0 Å². The number of carbonyl (C=O) groups excluding carboxylic acids is 1. The summed E-state index contributed by atoms with van der Waals surface area (Å²) in [6.07, 6.45) is 0.427. The number of halogens is 1. The average molecular weight is 314 g/mol. The molecule has 0 radical (unpaired) electrons. The lowest BCUT2D eigenvalue weighted by Gasteiger charge is -2.09. The molecule has 1 atom stereocenters. The maximum absolute atomic E-state index is 11.9. The molecule has 1 aromatic rings. The van der Waals surface area contributed by atoms with E-state index in [2.05, 4.69) is 21.2 Å². The molecular weight excluding hydrogens is 298 g/mol. The summed E-state index contributed by atoms with van der Waals surface area (Å²) in [4.78, 5) is 22.5. The van der Waals surface area contributed by atoms with Crippen molar-refractivity contribution in [2.45, 2.75) is 20.3 Å². The predicted octanol–water partition coefficient (Wildman–Crippen LogP) is 2.60. The van der Waals surface area contributed by atoms with Crippen molar-refractivity contribution in [2.24, 2.45) is 5.92 Å². The molecule has 0 aliphatic rings. The summed E-state index contributed by atoms with van der Waals surface area (Å²) in [5.74, 6) is -1.46. The monoisotopic (exact) mass is 313 g/mol. The van der Waals surface area contributed by atoms with Gasteiger partial charge in [-0.15, -0.1) is 0 Å². The van der Waals surface area contributed by atoms with Crippen molar-refractivity contribution in [2.75, 3.05) is 6.54 Å². The van der Waals surface area contributed by atoms with Crippen LogP contribution in [0.25, 0.3) is 0 Å². The first-order valence-electron chi connectivity index (χ1n) is 5.69. The lowest BCUT2D eigenvalue weighted by Crippen LogP contribution is -2.27. The number of aliphatic carboxylic acids is 1. The number of hydrogen-bond donors (Lipinski definition) is 2. The molecule has 1 amide bonds. The Morgan fingerprint density at radius 2 is 2.11 bits per heavy atom. The van der Waals surface area contributed by atoms with E-state index in [9.17, 15) is 9.59 Å². The fourth-order valence-corrected chi connectivity index (χ4v) is 1.98. The van der Waals surface area contributed by atoms with Gasteiger partial charge < -0.3 is 10.4 Å². The van der Waals surface area contributed by atoms with E-state index >= 15 is 0 Å². The van der Waals surface area contributed by atoms with Gasteiger partial charge in [-0.05, 0) is 37.1 Å². The Morgan fingerprint density at radius 1 is 1.44 bits per heavy atom. The molecule has 0 aromatic heterocycles. The first-order valence-corrected chi connectivity index (χ1v) is 6.48. The van der Waals surface area contributed by atoms with Crippen LogP contribution in [0.5, 0.6) is 0 Å². The number of aryl methyl sites for hydroxylation is 1. The number of carboxylic acid groups (broad SMARTS) is 1. The Morgan fingerprint density at radius 3 is 2.67 bits per heavy atom. The smallest absolute Gasteiger partial charge is 0.306 e. The van der Waals surface area contributed by atoms with Crippen LogP contribution < -0.4 is 5.32 Å². The van der Waals surface area contributed by atoms with Crippen LogP contribution in [0.4, 0.5) is 0 Å². The molecule has 2 N–H and O–H groups in total. The zero-order chi connectivity index (χ0) is 13.7. The van der Waals surface area contributed by atoms with Gasteiger partial charge in [0.15, 0.2) is 0 Å². The Labute approximate surface area is 115 Å². The number of carboxylic acids is 1. The highest BCUT2D eigenvalue weighted by Crippen LogP contribution is 2.15. The van der Waals surface area contributed by atoms with Gasteiger partial charge >= 0.3 is 5.97 Å². The second-order valence-corrected chi connectivity index (χ2v) is 5.16. The number of hydrogen-bond acceptors (Lipinski definition) is 2. The van der Waals surface area contributed by atoms with Crippen LogP contribution in [0, 0.1) is 12.8 Å². The fraction of sp³-hybridized carbons (Fsp3) is 0.385. The summed E-state index contributed by atoms with van der Waals surface area (Å²) < 4.78 is 0.927. The third-order valence-electron chi connectivity index (χ3n) is 2.72. The van der Waals surface area contributed by atoms with Gasteiger partial charge in [-0.25, -0.2) is 0 Å². The van der Waals surface area contributed by atoms with Crippen molar-refractivity contribution < 1.29 is 14.7 Å². The van der Waals surface area contributed by atoms with Gasteiger partial charge in [0.2, 0.25) is 0 Å². The molecule has 0 heterocycles. The predicted molar refractivity (Wildman–Crippen MR) is 72.6 cm³/mol. The Kier molecular flexibility index (Phi) is 5.34. The minimum absolute atomic E-state index is 0.169. The molecule has 1 unspecified atom stereocenters. The van der Waals surface area contributed by atoms with Crippen molar-refractivity contribution in [3.05, 3.63) is 33.8 Å². The number of carbonyl (C=O) groups is 2. The molecule has 1 aromatic carbocycles. The average Bonchev–Trinajstić information content (AvgIpc) is 2.28. The first-order chi connectivity index (χ1) is 8.41. The molecule has 18 heavy (non-hydrogen) atoms. The summed E-state index contributed by atoms with van der Waals surface area (Å²) in [7, 11) is 0. The van der Waals surface area contributed by atoms with Crippen LogP contribution in [0.3, 0.4) is 0 Å². The third-order valence-corrected chi connectivity index (χ3v) is 3.21. The number of benzene rings is 1. The SMILES string of the molecule is Cc1cc(Br)ccc1C(=O)NCCC(C)C(=O)O. The van der Waals surface area contributed by atoms with Crippen molar-refractivity contribution in [1.82, 2.24) is 5.32 Å². The zero-order valence-electron chi connectivity index (χ0n) is 10.4. The van der Waals surface area contributed by atoms with E-state index in [-0.39, 0.29) is 5.91 Å². The summed E-state index contributed by atoms with van der Waals surface area (Å²) >= 11 is 3.34. The third kappa shape index (κ3) is 4.14. The number of amides is 1. The van der Waals surface area contributed by atoms with Gasteiger partial charge in [0.25, 0.3) is 5.91 Å². The van der Waals surface area contributed by atoms with Crippen LogP contribution in [-0.4, -0.2) is 23.5 Å². The van der Waals surface area contributed by atoms with E-state index in [0.29, 0.717) is 18.5 Å². The molecule has 0 saturated carbocycles. The molecule has 0 fully saturated rings. The molecule has 0 aliphatic carbocycles. The van der Waals surface area contributed by atoms with E-state index in [4.69, 9.17) is 5.11 Å². The van der Waals surface area contributed by atoms with Gasteiger partial charge in [0, 0.05) is 16.6 Å². The molecule has 5 heteroatoms. The van der Waals surface area contributed by atoms with E-state index in [1.165, 1.54) is 0 Å². The highest BCUT2D eigenvalue weighted by atomic mass is 79.9. The minimum Gasteiger partial charge on any atom is -0.481 e. The highest BCUT2D eigenvalue weighted by Gasteiger charge is 2.12. The largest absolute Gasteiger partial charge is 0.481 e. The van der Waals surface area contributed by atoms with Crippen LogP contribution in [0.2, 0.25) is 0 Å². The number of rotatable bonds is 5. The number of nitrogens with one attached hydrogen (secondary N) is 1. The molecule has 0 bridgehead atoms. The summed E-state index contributed by atoms with van der Waals surface area (Å²) in [5.41, 5.74) is 1.49. The standard InChI is InChI=1S/C13H16BrNO3/c1-8(13(17)18)5-6-15-12(16)11-4-3-10(14)7-9(11)2/h3-4,7-8H,5-6H2,1-2H3,(H,15,16)(H,17,18). The normalized spacial score (nSPS) is 11.9. The van der Waals surface area contributed by atoms with Gasteiger partial charge in [-0.1, -0.05) is 22.9 Å². The minimum atomic E-state index is -0.843. The quantitative estimate of drug-likeness (QED) is 0.878.